The van der Waals surface area contributed by atoms with E-state index in [0.717, 1.165) is 5.69 Å². The molecule has 0 fully saturated rings. The van der Waals surface area contributed by atoms with Gasteiger partial charge in [-0.1, -0.05) is 17.7 Å². The molecule has 0 aliphatic carbocycles. The molecule has 0 saturated carbocycles. The van der Waals surface area contributed by atoms with Gasteiger partial charge in [0.25, 0.3) is 0 Å². The highest BCUT2D eigenvalue weighted by atomic mass is 35.5. The number of carbonyl (C=O) groups is 1. The molecule has 0 aliphatic rings. The summed E-state index contributed by atoms with van der Waals surface area (Å²) in [5, 5.41) is 10.8. The maximum atomic E-state index is 11.8. The molecule has 0 aliphatic heterocycles. The predicted octanol–water partition coefficient (Wildman–Crippen LogP) is 2.49. The molecular formula is C14H12ClN5O2. The van der Waals surface area contributed by atoms with Crippen LogP contribution in [0.25, 0.3) is 16.9 Å². The van der Waals surface area contributed by atoms with Crippen LogP contribution in [0.4, 0.5) is 0 Å². The first kappa shape index (κ1) is 14.3. The van der Waals surface area contributed by atoms with Crippen LogP contribution in [-0.4, -0.2) is 37.5 Å². The van der Waals surface area contributed by atoms with Crippen molar-refractivity contribution in [3.63, 3.8) is 0 Å². The van der Waals surface area contributed by atoms with Crippen molar-refractivity contribution in [1.82, 2.24) is 25.0 Å². The first-order chi connectivity index (χ1) is 10.7. The minimum atomic E-state index is -0.527. The topological polar surface area (TPSA) is 85.7 Å². The number of carbonyl (C=O) groups excluding carboxylic acids is 1. The lowest BCUT2D eigenvalue weighted by Gasteiger charge is -2.07. The molecule has 0 amide bonds. The van der Waals surface area contributed by atoms with Gasteiger partial charge in [-0.3, -0.25) is 0 Å². The fourth-order valence-corrected chi connectivity index (χ4v) is 2.32. The third kappa shape index (κ3) is 2.58. The minimum absolute atomic E-state index is 0.133. The second-order valence-corrected chi connectivity index (χ2v) is 4.78. The maximum absolute atomic E-state index is 11.8. The number of nitrogens with zero attached hydrogens (tertiary/aromatic N) is 4. The molecule has 2 heterocycles. The quantitative estimate of drug-likeness (QED) is 0.747. The number of nitrogens with one attached hydrogen (secondary N) is 1. The van der Waals surface area contributed by atoms with E-state index in [1.807, 2.05) is 12.1 Å². The lowest BCUT2D eigenvalue weighted by molar-refractivity contribution is 0.0520. The number of H-pyrrole nitrogens is 1. The van der Waals surface area contributed by atoms with Gasteiger partial charge in [-0.2, -0.15) is 10.3 Å². The molecule has 22 heavy (non-hydrogen) atoms. The standard InChI is InChI=1S/C14H12ClN5O2/c1-2-22-14(21)13-12(17-19-18-13)9-3-4-11(10(15)7-9)20-6-5-16-8-20/h3-8H,2H2,1H3,(H,17,18,19). The number of rotatable bonds is 4. The summed E-state index contributed by atoms with van der Waals surface area (Å²) in [5.74, 6) is -0.527. The average Bonchev–Trinajstić information content (AvgIpc) is 3.19. The SMILES string of the molecule is CCOC(=O)c1n[nH]nc1-c1ccc(-n2ccnc2)c(Cl)c1. The lowest BCUT2D eigenvalue weighted by atomic mass is 10.1. The summed E-state index contributed by atoms with van der Waals surface area (Å²) in [6.45, 7) is 2.00. The van der Waals surface area contributed by atoms with E-state index in [9.17, 15) is 4.79 Å². The summed E-state index contributed by atoms with van der Waals surface area (Å²) in [4.78, 5) is 15.8. The van der Waals surface area contributed by atoms with Crippen molar-refractivity contribution >= 4 is 17.6 Å². The van der Waals surface area contributed by atoms with Crippen molar-refractivity contribution < 1.29 is 9.53 Å². The molecule has 0 radical (unpaired) electrons. The number of benzene rings is 1. The molecule has 0 saturated heterocycles. The van der Waals surface area contributed by atoms with E-state index in [-0.39, 0.29) is 12.3 Å². The van der Waals surface area contributed by atoms with Crippen LogP contribution >= 0.6 is 11.6 Å². The number of aromatic nitrogens is 5. The minimum Gasteiger partial charge on any atom is -0.461 e. The Hall–Kier alpha value is -2.67. The third-order valence-corrected chi connectivity index (χ3v) is 3.32. The van der Waals surface area contributed by atoms with Gasteiger partial charge in [0.2, 0.25) is 0 Å². The molecule has 7 nitrogen and oxygen atoms in total. The van der Waals surface area contributed by atoms with Crippen LogP contribution in [0.1, 0.15) is 17.4 Å². The maximum Gasteiger partial charge on any atom is 0.361 e. The molecule has 0 unspecified atom stereocenters. The number of hydrogen-bond acceptors (Lipinski definition) is 5. The number of halogens is 1. The Kier molecular flexibility index (Phi) is 3.88. The van der Waals surface area contributed by atoms with Crippen LogP contribution < -0.4 is 0 Å². The highest BCUT2D eigenvalue weighted by Crippen LogP contribution is 2.28. The van der Waals surface area contributed by atoms with Crippen LogP contribution in [-0.2, 0) is 4.74 Å². The van der Waals surface area contributed by atoms with Crippen LogP contribution in [0.3, 0.4) is 0 Å². The van der Waals surface area contributed by atoms with Gasteiger partial charge in [-0.25, -0.2) is 9.78 Å². The van der Waals surface area contributed by atoms with Gasteiger partial charge in [-0.15, -0.1) is 5.10 Å². The molecule has 8 heteroatoms. The zero-order chi connectivity index (χ0) is 15.5. The highest BCUT2D eigenvalue weighted by Gasteiger charge is 2.19. The Balaban J connectivity index is 1.99. The molecule has 3 aromatic rings. The summed E-state index contributed by atoms with van der Waals surface area (Å²) < 4.78 is 6.75. The first-order valence-electron chi connectivity index (χ1n) is 6.57. The van der Waals surface area contributed by atoms with Crippen molar-refractivity contribution in [1.29, 1.82) is 0 Å². The first-order valence-corrected chi connectivity index (χ1v) is 6.94. The van der Waals surface area contributed by atoms with Gasteiger partial charge in [0, 0.05) is 18.0 Å². The van der Waals surface area contributed by atoms with Crippen LogP contribution in [0, 0.1) is 0 Å². The lowest BCUT2D eigenvalue weighted by Crippen LogP contribution is -2.06. The molecule has 1 aromatic carbocycles. The van der Waals surface area contributed by atoms with E-state index in [0.29, 0.717) is 16.3 Å². The van der Waals surface area contributed by atoms with E-state index >= 15 is 0 Å². The fraction of sp³-hybridized carbons (Fsp3) is 0.143. The molecule has 0 atom stereocenters. The van der Waals surface area contributed by atoms with Crippen molar-refractivity contribution in [2.24, 2.45) is 0 Å². The summed E-state index contributed by atoms with van der Waals surface area (Å²) >= 11 is 6.31. The third-order valence-electron chi connectivity index (χ3n) is 3.02. The Morgan fingerprint density at radius 1 is 1.41 bits per heavy atom. The summed E-state index contributed by atoms with van der Waals surface area (Å²) in [5.41, 5.74) is 1.99. The fourth-order valence-electron chi connectivity index (χ4n) is 2.04. The van der Waals surface area contributed by atoms with Crippen LogP contribution in [0.15, 0.2) is 36.9 Å². The number of esters is 1. The zero-order valence-corrected chi connectivity index (χ0v) is 12.4. The van der Waals surface area contributed by atoms with Gasteiger partial charge < -0.3 is 9.30 Å². The second-order valence-electron chi connectivity index (χ2n) is 4.38. The number of hydrogen-bond donors (Lipinski definition) is 1. The van der Waals surface area contributed by atoms with Gasteiger partial charge in [0.15, 0.2) is 5.69 Å². The van der Waals surface area contributed by atoms with Crippen molar-refractivity contribution in [2.75, 3.05) is 6.61 Å². The number of ether oxygens (including phenoxy) is 1. The van der Waals surface area contributed by atoms with Gasteiger partial charge in [0.05, 0.1) is 23.6 Å². The Morgan fingerprint density at radius 3 is 2.95 bits per heavy atom. The predicted molar refractivity (Wildman–Crippen MR) is 79.9 cm³/mol. The number of imidazole rings is 1. The monoisotopic (exact) mass is 317 g/mol. The van der Waals surface area contributed by atoms with Gasteiger partial charge in [-0.05, 0) is 19.1 Å². The highest BCUT2D eigenvalue weighted by molar-refractivity contribution is 6.32. The Morgan fingerprint density at radius 2 is 2.27 bits per heavy atom. The molecule has 2 aromatic heterocycles. The molecule has 112 valence electrons. The van der Waals surface area contributed by atoms with Crippen LogP contribution in [0.2, 0.25) is 5.02 Å². The largest absolute Gasteiger partial charge is 0.461 e. The van der Waals surface area contributed by atoms with E-state index in [2.05, 4.69) is 20.4 Å². The van der Waals surface area contributed by atoms with Crippen LogP contribution in [0.5, 0.6) is 0 Å². The smallest absolute Gasteiger partial charge is 0.361 e. The number of aromatic amines is 1. The van der Waals surface area contributed by atoms with Gasteiger partial charge >= 0.3 is 5.97 Å². The van der Waals surface area contributed by atoms with E-state index in [4.69, 9.17) is 16.3 Å². The molecule has 0 bridgehead atoms. The summed E-state index contributed by atoms with van der Waals surface area (Å²) in [6, 6.07) is 5.35. The van der Waals surface area contributed by atoms with E-state index < -0.39 is 5.97 Å². The normalized spacial score (nSPS) is 10.6. The second kappa shape index (κ2) is 5.98. The van der Waals surface area contributed by atoms with Gasteiger partial charge in [0.1, 0.15) is 5.69 Å². The molecule has 1 N–H and O–H groups in total. The molecular weight excluding hydrogens is 306 g/mol. The zero-order valence-electron chi connectivity index (χ0n) is 11.7. The molecule has 0 spiro atoms. The summed E-state index contributed by atoms with van der Waals surface area (Å²) in [7, 11) is 0. The Bertz CT molecular complexity index is 797. The van der Waals surface area contributed by atoms with Crippen molar-refractivity contribution in [2.45, 2.75) is 6.92 Å². The average molecular weight is 318 g/mol. The molecule has 3 rings (SSSR count). The Labute approximate surface area is 130 Å². The van der Waals surface area contributed by atoms with E-state index in [1.165, 1.54) is 0 Å². The summed E-state index contributed by atoms with van der Waals surface area (Å²) in [6.07, 6.45) is 5.11. The van der Waals surface area contributed by atoms with E-state index in [1.54, 1.807) is 36.3 Å². The van der Waals surface area contributed by atoms with Crippen molar-refractivity contribution in [3.8, 4) is 16.9 Å². The van der Waals surface area contributed by atoms with Crippen molar-refractivity contribution in [3.05, 3.63) is 47.6 Å².